The molecule has 0 saturated heterocycles. The lowest BCUT2D eigenvalue weighted by Gasteiger charge is -2.25. The highest BCUT2D eigenvalue weighted by atomic mass is 35.5. The molecule has 1 atom stereocenters. The topological polar surface area (TPSA) is 38.3 Å². The lowest BCUT2D eigenvalue weighted by atomic mass is 9.79. The minimum Gasteiger partial charge on any atom is -0.410 e. The lowest BCUT2D eigenvalue weighted by Crippen LogP contribution is -2.23. The van der Waals surface area contributed by atoms with Crippen molar-refractivity contribution in [2.24, 2.45) is 5.92 Å². The molecule has 0 spiro atoms. The normalized spacial score (nSPS) is 20.0. The van der Waals surface area contributed by atoms with Crippen molar-refractivity contribution in [2.75, 3.05) is 7.05 Å². The molecule has 1 aliphatic rings. The molecule has 3 nitrogen and oxygen atoms in total. The molecule has 19 heavy (non-hydrogen) atoms. The van der Waals surface area contributed by atoms with Crippen molar-refractivity contribution in [3.05, 3.63) is 27.8 Å². The first-order chi connectivity index (χ1) is 8.78. The first kappa shape index (κ1) is 14.2. The summed E-state index contributed by atoms with van der Waals surface area (Å²) in [5.41, 5.74) is 3.18. The highest BCUT2D eigenvalue weighted by Gasteiger charge is 2.39. The first-order valence-electron chi connectivity index (χ1n) is 6.51. The van der Waals surface area contributed by atoms with Crippen LogP contribution in [0.5, 0.6) is 5.75 Å². The van der Waals surface area contributed by atoms with E-state index in [9.17, 15) is 4.79 Å². The molecule has 0 aromatic heterocycles. The number of nitrogens with one attached hydrogen (secondary N) is 1. The summed E-state index contributed by atoms with van der Waals surface area (Å²) in [5.74, 6) is 1.12. The number of benzene rings is 1. The number of rotatable bonds is 1. The van der Waals surface area contributed by atoms with Gasteiger partial charge in [-0.15, -0.1) is 0 Å². The van der Waals surface area contributed by atoms with E-state index in [1.54, 1.807) is 7.05 Å². The van der Waals surface area contributed by atoms with Gasteiger partial charge in [0.1, 0.15) is 5.75 Å². The van der Waals surface area contributed by atoms with Crippen LogP contribution in [0.3, 0.4) is 0 Å². The number of fused-ring (bicyclic) bond motifs is 1. The molecule has 1 aliphatic carbocycles. The second-order valence-corrected chi connectivity index (χ2v) is 6.21. The van der Waals surface area contributed by atoms with Crippen molar-refractivity contribution in [1.29, 1.82) is 0 Å². The Morgan fingerprint density at radius 3 is 2.74 bits per heavy atom. The van der Waals surface area contributed by atoms with Crippen LogP contribution in [0.1, 0.15) is 37.5 Å². The molecule has 0 radical (unpaired) electrons. The molecule has 0 heterocycles. The zero-order chi connectivity index (χ0) is 14.4. The predicted octanol–water partition coefficient (Wildman–Crippen LogP) is 3.84. The second-order valence-electron chi connectivity index (χ2n) is 5.81. The zero-order valence-electron chi connectivity index (χ0n) is 12.1. The zero-order valence-corrected chi connectivity index (χ0v) is 12.8. The molecule has 4 heteroatoms. The smallest absolute Gasteiger partial charge is 0.410 e. The lowest BCUT2D eigenvalue weighted by molar-refractivity contribution is 0.202. The number of amides is 1. The number of hydrogen-bond donors (Lipinski definition) is 1. The van der Waals surface area contributed by atoms with Gasteiger partial charge in [-0.25, -0.2) is 4.79 Å². The van der Waals surface area contributed by atoms with Crippen molar-refractivity contribution in [1.82, 2.24) is 5.32 Å². The summed E-state index contributed by atoms with van der Waals surface area (Å²) in [5, 5.41) is 3.13. The Bertz CT molecular complexity index is 537. The van der Waals surface area contributed by atoms with Gasteiger partial charge in [0.15, 0.2) is 0 Å². The molecule has 0 fully saturated rings. The van der Waals surface area contributed by atoms with E-state index in [0.29, 0.717) is 16.7 Å². The average Bonchev–Trinajstić information content (AvgIpc) is 2.57. The number of carbonyl (C=O) groups is 1. The molecular weight excluding hydrogens is 262 g/mol. The fourth-order valence-electron chi connectivity index (χ4n) is 2.67. The summed E-state index contributed by atoms with van der Waals surface area (Å²) in [6.45, 7) is 8.52. The Kier molecular flexibility index (Phi) is 3.52. The summed E-state index contributed by atoms with van der Waals surface area (Å²) in [4.78, 5) is 11.5. The molecular formula is C15H20ClNO2. The van der Waals surface area contributed by atoms with Gasteiger partial charge in [-0.05, 0) is 41.9 Å². The Labute approximate surface area is 119 Å². The highest BCUT2D eigenvalue weighted by Crippen LogP contribution is 2.48. The minimum absolute atomic E-state index is 0.0491. The van der Waals surface area contributed by atoms with E-state index in [1.807, 2.05) is 13.0 Å². The fraction of sp³-hybridized carbons (Fsp3) is 0.533. The molecule has 1 aromatic rings. The fourth-order valence-corrected chi connectivity index (χ4v) is 2.86. The van der Waals surface area contributed by atoms with Gasteiger partial charge in [-0.1, -0.05) is 32.4 Å². The standard InChI is InChI=1S/C15H20ClNO2/c1-8-6-10-11(15(8,3)4)7-12(16)9(2)13(10)19-14(18)17-5/h7-8H,6H2,1-5H3,(H,17,18). The second kappa shape index (κ2) is 4.71. The van der Waals surface area contributed by atoms with Crippen LogP contribution in [-0.4, -0.2) is 13.1 Å². The van der Waals surface area contributed by atoms with Crippen LogP contribution in [0.25, 0.3) is 0 Å². The number of hydrogen-bond acceptors (Lipinski definition) is 2. The summed E-state index contributed by atoms with van der Waals surface area (Å²) in [6, 6.07) is 2.02. The number of carbonyl (C=O) groups excluding carboxylic acids is 1. The molecule has 0 bridgehead atoms. The molecule has 1 unspecified atom stereocenters. The Morgan fingerprint density at radius 1 is 1.53 bits per heavy atom. The average molecular weight is 282 g/mol. The minimum atomic E-state index is -0.454. The molecule has 1 amide bonds. The van der Waals surface area contributed by atoms with Crippen molar-refractivity contribution in [3.63, 3.8) is 0 Å². The largest absolute Gasteiger partial charge is 0.412 e. The number of ether oxygens (including phenoxy) is 1. The van der Waals surface area contributed by atoms with E-state index in [1.165, 1.54) is 5.56 Å². The third-order valence-electron chi connectivity index (χ3n) is 4.40. The van der Waals surface area contributed by atoms with Gasteiger partial charge in [-0.2, -0.15) is 0 Å². The van der Waals surface area contributed by atoms with Gasteiger partial charge < -0.3 is 10.1 Å². The van der Waals surface area contributed by atoms with Crippen LogP contribution in [0.4, 0.5) is 4.79 Å². The van der Waals surface area contributed by atoms with Gasteiger partial charge >= 0.3 is 6.09 Å². The Balaban J connectivity index is 2.59. The van der Waals surface area contributed by atoms with E-state index in [4.69, 9.17) is 16.3 Å². The summed E-state index contributed by atoms with van der Waals surface area (Å²) >= 11 is 6.29. The van der Waals surface area contributed by atoms with E-state index in [2.05, 4.69) is 26.1 Å². The molecule has 1 N–H and O–H groups in total. The van der Waals surface area contributed by atoms with Gasteiger partial charge in [0, 0.05) is 17.6 Å². The molecule has 104 valence electrons. The van der Waals surface area contributed by atoms with Crippen LogP contribution in [0, 0.1) is 12.8 Å². The van der Waals surface area contributed by atoms with Gasteiger partial charge in [0.05, 0.1) is 0 Å². The third kappa shape index (κ3) is 2.20. The van der Waals surface area contributed by atoms with Crippen molar-refractivity contribution < 1.29 is 9.53 Å². The molecule has 0 aliphatic heterocycles. The maximum Gasteiger partial charge on any atom is 0.412 e. The summed E-state index contributed by atoms with van der Waals surface area (Å²) < 4.78 is 5.43. The molecule has 1 aromatic carbocycles. The van der Waals surface area contributed by atoms with Crippen LogP contribution < -0.4 is 10.1 Å². The van der Waals surface area contributed by atoms with Crippen molar-refractivity contribution >= 4 is 17.7 Å². The van der Waals surface area contributed by atoms with Gasteiger partial charge in [0.2, 0.25) is 0 Å². The maximum atomic E-state index is 11.5. The first-order valence-corrected chi connectivity index (χ1v) is 6.88. The van der Waals surface area contributed by atoms with Crippen molar-refractivity contribution in [3.8, 4) is 5.75 Å². The van der Waals surface area contributed by atoms with E-state index >= 15 is 0 Å². The van der Waals surface area contributed by atoms with Gasteiger partial charge in [0.25, 0.3) is 0 Å². The summed E-state index contributed by atoms with van der Waals surface area (Å²) in [6.07, 6.45) is 0.456. The van der Waals surface area contributed by atoms with Crippen molar-refractivity contribution in [2.45, 2.75) is 39.5 Å². The molecule has 2 rings (SSSR count). The van der Waals surface area contributed by atoms with Crippen LogP contribution in [0.2, 0.25) is 5.02 Å². The highest BCUT2D eigenvalue weighted by molar-refractivity contribution is 6.31. The van der Waals surface area contributed by atoms with E-state index in [-0.39, 0.29) is 5.41 Å². The van der Waals surface area contributed by atoms with Crippen LogP contribution >= 0.6 is 11.6 Å². The van der Waals surface area contributed by atoms with E-state index < -0.39 is 6.09 Å². The monoisotopic (exact) mass is 281 g/mol. The van der Waals surface area contributed by atoms with Crippen LogP contribution in [0.15, 0.2) is 6.07 Å². The Hall–Kier alpha value is -1.22. The third-order valence-corrected chi connectivity index (χ3v) is 4.80. The summed E-state index contributed by atoms with van der Waals surface area (Å²) in [7, 11) is 1.55. The maximum absolute atomic E-state index is 11.5. The van der Waals surface area contributed by atoms with E-state index in [0.717, 1.165) is 17.5 Å². The quantitative estimate of drug-likeness (QED) is 0.849. The van der Waals surface area contributed by atoms with Crippen LogP contribution in [-0.2, 0) is 11.8 Å². The SMILES string of the molecule is CNC(=O)Oc1c(C)c(Cl)cc2c1CC(C)C2(C)C. The molecule has 0 saturated carbocycles. The Morgan fingerprint density at radius 2 is 2.16 bits per heavy atom. The van der Waals surface area contributed by atoms with Gasteiger partial charge in [-0.3, -0.25) is 0 Å². The predicted molar refractivity (Wildman–Crippen MR) is 77.2 cm³/mol. The number of halogens is 1.